The van der Waals surface area contributed by atoms with Crippen molar-refractivity contribution >= 4 is 12.4 Å². The van der Waals surface area contributed by atoms with Crippen molar-refractivity contribution < 1.29 is 21.1 Å². The van der Waals surface area contributed by atoms with Gasteiger partial charge in [0, 0.05) is 21.1 Å². The van der Waals surface area contributed by atoms with Gasteiger partial charge in [0.25, 0.3) is 0 Å². The first kappa shape index (κ1) is 14.2. The molecule has 1 rings (SSSR count). The van der Waals surface area contributed by atoms with Gasteiger partial charge < -0.3 is 22.6 Å². The molecule has 0 aliphatic carbocycles. The van der Waals surface area contributed by atoms with Crippen molar-refractivity contribution in [2.75, 3.05) is 0 Å². The molecule has 0 aromatic heterocycles. The van der Waals surface area contributed by atoms with Gasteiger partial charge in [-0.3, -0.25) is 0 Å². The van der Waals surface area contributed by atoms with Crippen LogP contribution < -0.4 is 0 Å². The number of hydrogen-bond donors (Lipinski definition) is 0. The fourth-order valence-corrected chi connectivity index (χ4v) is 1.08. The zero-order valence-corrected chi connectivity index (χ0v) is 11.7. The zero-order chi connectivity index (χ0) is 10.1. The molecule has 2 nitrogen and oxygen atoms in total. The second-order valence-electron chi connectivity index (χ2n) is 2.82. The van der Waals surface area contributed by atoms with Gasteiger partial charge in [-0.15, -0.1) is 0 Å². The van der Waals surface area contributed by atoms with Gasteiger partial charge in [0.1, 0.15) is 0 Å². The third-order valence-corrected chi connectivity index (χ3v) is 1.73. The minimum atomic E-state index is 0. The van der Waals surface area contributed by atoms with Crippen LogP contribution in [0, 0.1) is 6.07 Å². The van der Waals surface area contributed by atoms with Crippen molar-refractivity contribution in [3.05, 3.63) is 35.9 Å². The SMILES string of the molecule is C[C-]=NN=[C-]CCCc1[c-]cccc1.[W]. The van der Waals surface area contributed by atoms with Crippen LogP contribution in [-0.4, -0.2) is 12.4 Å². The molecule has 3 heteroatoms. The summed E-state index contributed by atoms with van der Waals surface area (Å²) in [7, 11) is 0. The molecule has 0 fully saturated rings. The molecule has 0 aliphatic heterocycles. The second-order valence-corrected chi connectivity index (χ2v) is 2.82. The van der Waals surface area contributed by atoms with Crippen LogP contribution in [0.3, 0.4) is 0 Å². The molecule has 0 radical (unpaired) electrons. The molecule has 0 N–H and O–H groups in total. The van der Waals surface area contributed by atoms with Gasteiger partial charge in [-0.25, -0.2) is 0 Å². The minimum absolute atomic E-state index is 0. The van der Waals surface area contributed by atoms with Crippen LogP contribution >= 0.6 is 0 Å². The molecule has 15 heavy (non-hydrogen) atoms. The first-order valence-corrected chi connectivity index (χ1v) is 4.68. The fourth-order valence-electron chi connectivity index (χ4n) is 1.08. The molecule has 0 amide bonds. The molecule has 0 saturated heterocycles. The molecular formula is C12H13N2W-3. The number of rotatable bonds is 5. The van der Waals surface area contributed by atoms with Crippen molar-refractivity contribution in [3.8, 4) is 0 Å². The van der Waals surface area contributed by atoms with E-state index >= 15 is 0 Å². The third-order valence-electron chi connectivity index (χ3n) is 1.73. The Morgan fingerprint density at radius 1 is 1.33 bits per heavy atom. The molecule has 0 unspecified atom stereocenters. The second kappa shape index (κ2) is 9.79. The van der Waals surface area contributed by atoms with Crippen molar-refractivity contribution in [3.63, 3.8) is 0 Å². The van der Waals surface area contributed by atoms with Gasteiger partial charge in [-0.05, 0) is 0 Å². The zero-order valence-electron chi connectivity index (χ0n) is 8.73. The predicted octanol–water partition coefficient (Wildman–Crippen LogP) is 2.64. The molecular weight excluding hydrogens is 356 g/mol. The van der Waals surface area contributed by atoms with E-state index in [1.165, 1.54) is 5.56 Å². The van der Waals surface area contributed by atoms with E-state index in [0.717, 1.165) is 19.3 Å². The maximum atomic E-state index is 3.67. The van der Waals surface area contributed by atoms with E-state index in [-0.39, 0.29) is 21.1 Å². The van der Waals surface area contributed by atoms with Gasteiger partial charge in [0.05, 0.1) is 0 Å². The van der Waals surface area contributed by atoms with Crippen molar-refractivity contribution in [2.24, 2.45) is 10.2 Å². The summed E-state index contributed by atoms with van der Waals surface area (Å²) >= 11 is 0. The van der Waals surface area contributed by atoms with E-state index in [4.69, 9.17) is 0 Å². The predicted molar refractivity (Wildman–Crippen MR) is 58.8 cm³/mol. The van der Waals surface area contributed by atoms with Crippen LogP contribution in [0.25, 0.3) is 0 Å². The maximum absolute atomic E-state index is 3.67. The van der Waals surface area contributed by atoms with E-state index < -0.39 is 0 Å². The summed E-state index contributed by atoms with van der Waals surface area (Å²) in [5.41, 5.74) is 1.24. The van der Waals surface area contributed by atoms with Crippen molar-refractivity contribution in [1.29, 1.82) is 0 Å². The first-order chi connectivity index (χ1) is 6.93. The van der Waals surface area contributed by atoms with Crippen LogP contribution in [0.2, 0.25) is 0 Å². The Kier molecular flexibility index (Phi) is 9.30. The summed E-state index contributed by atoms with van der Waals surface area (Å²) in [6, 6.07) is 11.2. The number of benzene rings is 1. The average molecular weight is 369 g/mol. The van der Waals surface area contributed by atoms with Gasteiger partial charge in [-0.2, -0.15) is 49.2 Å². The molecule has 0 aliphatic rings. The van der Waals surface area contributed by atoms with E-state index in [1.54, 1.807) is 6.92 Å². The number of hydrogen-bond acceptors (Lipinski definition) is 2. The van der Waals surface area contributed by atoms with Gasteiger partial charge in [0.2, 0.25) is 0 Å². The van der Waals surface area contributed by atoms with Crippen LogP contribution in [0.1, 0.15) is 25.3 Å². The average Bonchev–Trinajstić information content (AvgIpc) is 2.25. The quantitative estimate of drug-likeness (QED) is 0.330. The Bertz CT molecular complexity index is 294. The van der Waals surface area contributed by atoms with Crippen LogP contribution in [-0.2, 0) is 27.5 Å². The summed E-state index contributed by atoms with van der Waals surface area (Å²) in [5, 5.41) is 7.25. The summed E-state index contributed by atoms with van der Waals surface area (Å²) in [6.45, 7) is 1.71. The smallest absolute Gasteiger partial charge is 0 e. The van der Waals surface area contributed by atoms with Crippen LogP contribution in [0.5, 0.6) is 0 Å². The monoisotopic (exact) mass is 369 g/mol. The molecule has 0 heterocycles. The number of unbranched alkanes of at least 4 members (excludes halogenated alkanes) is 1. The summed E-state index contributed by atoms with van der Waals surface area (Å²) < 4.78 is 0. The maximum Gasteiger partial charge on any atom is 0 e. The van der Waals surface area contributed by atoms with Crippen molar-refractivity contribution in [2.45, 2.75) is 26.2 Å². The standard InChI is InChI=1S/C12H13N2.W/c1-2-13-14-11-7-6-10-12-8-4-3-5-9-12;/h3-5,8H,6-7,10H2,1H3;/q-3;. The summed E-state index contributed by atoms with van der Waals surface area (Å²) in [5.74, 6) is 0. The van der Waals surface area contributed by atoms with Gasteiger partial charge >= 0.3 is 0 Å². The molecule has 1 aromatic carbocycles. The van der Waals surface area contributed by atoms with Gasteiger partial charge in [-0.1, -0.05) is 12.8 Å². The fraction of sp³-hybridized carbons (Fsp3) is 0.333. The molecule has 0 bridgehead atoms. The number of aryl methyl sites for hydroxylation is 1. The topological polar surface area (TPSA) is 24.7 Å². The normalized spacial score (nSPS) is 10.7. The largest absolute Gasteiger partial charge is 0.414 e. The first-order valence-electron chi connectivity index (χ1n) is 4.68. The summed E-state index contributed by atoms with van der Waals surface area (Å²) in [4.78, 5) is 0. The van der Waals surface area contributed by atoms with E-state index in [9.17, 15) is 0 Å². The van der Waals surface area contributed by atoms with E-state index in [0.29, 0.717) is 0 Å². The Labute approximate surface area is 106 Å². The van der Waals surface area contributed by atoms with Crippen molar-refractivity contribution in [1.82, 2.24) is 0 Å². The van der Waals surface area contributed by atoms with Crippen LogP contribution in [0.4, 0.5) is 0 Å². The van der Waals surface area contributed by atoms with E-state index in [2.05, 4.69) is 34.8 Å². The molecule has 0 spiro atoms. The van der Waals surface area contributed by atoms with E-state index in [1.807, 2.05) is 18.2 Å². The number of nitrogens with zero attached hydrogens (tertiary/aromatic N) is 2. The Hall–Kier alpha value is -0.752. The van der Waals surface area contributed by atoms with Crippen LogP contribution in [0.15, 0.2) is 34.5 Å². The Balaban J connectivity index is 0.00000196. The molecule has 1 aromatic rings. The molecule has 0 atom stereocenters. The minimum Gasteiger partial charge on any atom is -0.414 e. The molecule has 80 valence electrons. The summed E-state index contributed by atoms with van der Waals surface area (Å²) in [6.07, 6.45) is 8.28. The van der Waals surface area contributed by atoms with Gasteiger partial charge in [0.15, 0.2) is 0 Å². The Morgan fingerprint density at radius 2 is 2.20 bits per heavy atom. The molecule has 0 saturated carbocycles. The Morgan fingerprint density at radius 3 is 2.87 bits per heavy atom. The third kappa shape index (κ3) is 7.21.